The summed E-state index contributed by atoms with van der Waals surface area (Å²) in [6.45, 7) is 1.88. The van der Waals surface area contributed by atoms with Gasteiger partial charge in [0.15, 0.2) is 5.65 Å². The number of nitrogens with zero attached hydrogens (tertiary/aromatic N) is 5. The summed E-state index contributed by atoms with van der Waals surface area (Å²) in [6.07, 6.45) is 3.71. The molecule has 8 heteroatoms. The van der Waals surface area contributed by atoms with Crippen molar-refractivity contribution in [3.63, 3.8) is 0 Å². The molecule has 1 unspecified atom stereocenters. The van der Waals surface area contributed by atoms with E-state index in [1.54, 1.807) is 17.8 Å². The third-order valence-electron chi connectivity index (χ3n) is 5.39. The van der Waals surface area contributed by atoms with Gasteiger partial charge in [0.2, 0.25) is 0 Å². The number of anilines is 1. The molecule has 0 saturated heterocycles. The topological polar surface area (TPSA) is 69.3 Å². The first-order valence-corrected chi connectivity index (χ1v) is 10.3. The zero-order valence-corrected chi connectivity index (χ0v) is 18.1. The van der Waals surface area contributed by atoms with Gasteiger partial charge in [-0.05, 0) is 36.8 Å². The molecule has 0 bridgehead atoms. The van der Waals surface area contributed by atoms with Gasteiger partial charge in [-0.15, -0.1) is 0 Å². The Hall–Kier alpha value is -3.58. The summed E-state index contributed by atoms with van der Waals surface area (Å²) in [5.74, 6) is 2.34. The van der Waals surface area contributed by atoms with E-state index in [0.29, 0.717) is 16.5 Å². The third-order valence-corrected chi connectivity index (χ3v) is 5.84. The lowest BCUT2D eigenvalue weighted by molar-refractivity contribution is 0.414. The Balaban J connectivity index is 1.72. The fraction of sp³-hybridized carbons (Fsp3) is 0.174. The summed E-state index contributed by atoms with van der Waals surface area (Å²) < 4.78 is 9.23. The minimum absolute atomic E-state index is 0.253. The number of hydrogen-bond donors (Lipinski definition) is 1. The molecular formula is C23H21ClN6O. The highest BCUT2D eigenvalue weighted by Crippen LogP contribution is 2.33. The van der Waals surface area contributed by atoms with Crippen LogP contribution in [0.4, 0.5) is 5.82 Å². The Morgan fingerprint density at radius 3 is 2.74 bits per heavy atom. The lowest BCUT2D eigenvalue weighted by Gasteiger charge is -2.21. The molecule has 3 heterocycles. The third kappa shape index (κ3) is 3.27. The number of hydrogen-bond acceptors (Lipinski definition) is 5. The minimum Gasteiger partial charge on any atom is -0.497 e. The molecule has 2 aromatic carbocycles. The maximum absolute atomic E-state index is 6.53. The van der Waals surface area contributed by atoms with Gasteiger partial charge in [-0.2, -0.15) is 5.10 Å². The monoisotopic (exact) mass is 432 g/mol. The number of methoxy groups -OCH3 is 1. The van der Waals surface area contributed by atoms with Gasteiger partial charge >= 0.3 is 0 Å². The van der Waals surface area contributed by atoms with E-state index in [-0.39, 0.29) is 6.04 Å². The molecule has 5 aromatic rings. The van der Waals surface area contributed by atoms with Gasteiger partial charge in [0, 0.05) is 24.8 Å². The van der Waals surface area contributed by atoms with Gasteiger partial charge in [-0.3, -0.25) is 0 Å². The molecule has 31 heavy (non-hydrogen) atoms. The van der Waals surface area contributed by atoms with Crippen molar-refractivity contribution in [1.29, 1.82) is 0 Å². The molecule has 0 spiro atoms. The zero-order valence-electron chi connectivity index (χ0n) is 17.4. The van der Waals surface area contributed by atoms with Crippen LogP contribution in [0.15, 0.2) is 60.9 Å². The standard InChI is InChI=1S/C23H21ClN6O/c1-14-19(24)22-27-21(17-9-4-5-10-18(17)30(22)28-14)26-20(23-25-11-12-29(23)2)15-7-6-8-16(13-15)31-3/h4-13,20H,1-3H3,(H,26,27). The lowest BCUT2D eigenvalue weighted by Crippen LogP contribution is -2.18. The second kappa shape index (κ2) is 7.59. The van der Waals surface area contributed by atoms with Crippen molar-refractivity contribution in [3.8, 4) is 5.75 Å². The van der Waals surface area contributed by atoms with E-state index in [2.05, 4.69) is 15.4 Å². The number of imidazole rings is 1. The minimum atomic E-state index is -0.253. The van der Waals surface area contributed by atoms with Crippen molar-refractivity contribution in [2.45, 2.75) is 13.0 Å². The van der Waals surface area contributed by atoms with Crippen LogP contribution in [0.1, 0.15) is 23.1 Å². The lowest BCUT2D eigenvalue weighted by atomic mass is 10.1. The molecule has 1 atom stereocenters. The molecule has 0 fully saturated rings. The summed E-state index contributed by atoms with van der Waals surface area (Å²) in [5, 5.41) is 9.67. The van der Waals surface area contributed by atoms with Gasteiger partial charge in [0.05, 0.1) is 18.3 Å². The van der Waals surface area contributed by atoms with Crippen LogP contribution in [0, 0.1) is 6.92 Å². The fourth-order valence-electron chi connectivity index (χ4n) is 3.81. The Labute approximate surface area is 184 Å². The normalized spacial score (nSPS) is 12.4. The predicted molar refractivity (Wildman–Crippen MR) is 122 cm³/mol. The largest absolute Gasteiger partial charge is 0.497 e. The van der Waals surface area contributed by atoms with Gasteiger partial charge in [0.25, 0.3) is 0 Å². The maximum atomic E-state index is 6.53. The molecule has 0 aliphatic rings. The summed E-state index contributed by atoms with van der Waals surface area (Å²) in [6, 6.07) is 15.7. The molecule has 1 N–H and O–H groups in total. The number of para-hydroxylation sites is 1. The smallest absolute Gasteiger partial charge is 0.176 e. The van der Waals surface area contributed by atoms with E-state index in [9.17, 15) is 0 Å². The van der Waals surface area contributed by atoms with E-state index < -0.39 is 0 Å². The average molecular weight is 433 g/mol. The van der Waals surface area contributed by atoms with Crippen LogP contribution in [0.2, 0.25) is 5.02 Å². The molecule has 5 rings (SSSR count). The van der Waals surface area contributed by atoms with Crippen LogP contribution in [0.25, 0.3) is 16.6 Å². The van der Waals surface area contributed by atoms with E-state index >= 15 is 0 Å². The van der Waals surface area contributed by atoms with Crippen LogP contribution >= 0.6 is 11.6 Å². The summed E-state index contributed by atoms with van der Waals surface area (Å²) in [7, 11) is 3.64. The van der Waals surface area contributed by atoms with Crippen LogP contribution in [0.3, 0.4) is 0 Å². The van der Waals surface area contributed by atoms with Gasteiger partial charge in [-0.25, -0.2) is 14.5 Å². The molecule has 156 valence electrons. The van der Waals surface area contributed by atoms with Crippen molar-refractivity contribution in [2.24, 2.45) is 7.05 Å². The molecule has 7 nitrogen and oxygen atoms in total. The number of fused-ring (bicyclic) bond motifs is 3. The predicted octanol–water partition coefficient (Wildman–Crippen LogP) is 4.79. The molecular weight excluding hydrogens is 412 g/mol. The molecule has 0 saturated carbocycles. The number of rotatable bonds is 5. The highest BCUT2D eigenvalue weighted by atomic mass is 35.5. The number of ether oxygens (including phenoxy) is 1. The van der Waals surface area contributed by atoms with Crippen molar-refractivity contribution >= 4 is 34.0 Å². The van der Waals surface area contributed by atoms with Crippen molar-refractivity contribution in [3.05, 3.63) is 83.0 Å². The number of aryl methyl sites for hydroxylation is 2. The molecule has 3 aromatic heterocycles. The van der Waals surface area contributed by atoms with Gasteiger partial charge in [0.1, 0.15) is 28.5 Å². The van der Waals surface area contributed by atoms with Crippen molar-refractivity contribution in [2.75, 3.05) is 12.4 Å². The quantitative estimate of drug-likeness (QED) is 0.432. The fourth-order valence-corrected chi connectivity index (χ4v) is 3.97. The second-order valence-electron chi connectivity index (χ2n) is 7.36. The van der Waals surface area contributed by atoms with E-state index in [1.165, 1.54) is 0 Å². The summed E-state index contributed by atoms with van der Waals surface area (Å²) in [5.41, 5.74) is 3.29. The van der Waals surface area contributed by atoms with E-state index in [4.69, 9.17) is 21.3 Å². The first-order valence-electron chi connectivity index (χ1n) is 9.88. The highest BCUT2D eigenvalue weighted by Gasteiger charge is 2.22. The Morgan fingerprint density at radius 1 is 1.13 bits per heavy atom. The SMILES string of the molecule is COc1cccc(C(Nc2nc3c(Cl)c(C)nn3c3ccccc23)c2nccn2C)c1. The van der Waals surface area contributed by atoms with E-state index in [1.807, 2.05) is 73.3 Å². The molecule has 0 aliphatic heterocycles. The van der Waals surface area contributed by atoms with Crippen LogP contribution in [-0.2, 0) is 7.05 Å². The number of aromatic nitrogens is 5. The Morgan fingerprint density at radius 2 is 1.97 bits per heavy atom. The number of benzene rings is 2. The first-order chi connectivity index (χ1) is 15.1. The zero-order chi connectivity index (χ0) is 21.5. The molecule has 0 aliphatic carbocycles. The van der Waals surface area contributed by atoms with Crippen molar-refractivity contribution < 1.29 is 4.74 Å². The van der Waals surface area contributed by atoms with Crippen LogP contribution in [0.5, 0.6) is 5.75 Å². The summed E-state index contributed by atoms with van der Waals surface area (Å²) >= 11 is 6.53. The van der Waals surface area contributed by atoms with Crippen molar-refractivity contribution in [1.82, 2.24) is 24.1 Å². The van der Waals surface area contributed by atoms with Crippen LogP contribution in [-0.4, -0.2) is 31.3 Å². The Kier molecular flexibility index (Phi) is 4.75. The first kappa shape index (κ1) is 19.4. The van der Waals surface area contributed by atoms with E-state index in [0.717, 1.165) is 33.7 Å². The second-order valence-corrected chi connectivity index (χ2v) is 7.74. The summed E-state index contributed by atoms with van der Waals surface area (Å²) in [4.78, 5) is 9.46. The maximum Gasteiger partial charge on any atom is 0.176 e. The molecule has 0 amide bonds. The average Bonchev–Trinajstić information content (AvgIpc) is 3.35. The highest BCUT2D eigenvalue weighted by molar-refractivity contribution is 6.34. The Bertz CT molecular complexity index is 1410. The molecule has 0 radical (unpaired) electrons. The van der Waals surface area contributed by atoms with Gasteiger partial charge in [-0.1, -0.05) is 35.9 Å². The van der Waals surface area contributed by atoms with Crippen LogP contribution < -0.4 is 10.1 Å². The number of halogens is 1. The van der Waals surface area contributed by atoms with Gasteiger partial charge < -0.3 is 14.6 Å². The number of nitrogens with one attached hydrogen (secondary N) is 1.